The molecule has 2 aromatic carbocycles. The van der Waals surface area contributed by atoms with E-state index in [1.54, 1.807) is 0 Å². The van der Waals surface area contributed by atoms with Gasteiger partial charge in [-0.15, -0.1) is 12.4 Å². The second-order valence-corrected chi connectivity index (χ2v) is 6.38. The molecule has 2 atom stereocenters. The number of aliphatic hydroxyl groups is 1. The van der Waals surface area contributed by atoms with Gasteiger partial charge in [0.2, 0.25) is 0 Å². The number of ether oxygens (including phenoxy) is 1. The first-order valence-electron chi connectivity index (χ1n) is 8.27. The number of para-hydroxylation sites is 1. The number of aliphatic hydroxyl groups excluding tert-OH is 1. The summed E-state index contributed by atoms with van der Waals surface area (Å²) in [5.41, 5.74) is 8.23. The second-order valence-electron chi connectivity index (χ2n) is 6.38. The van der Waals surface area contributed by atoms with Crippen LogP contribution >= 0.6 is 12.4 Å². The molecule has 0 saturated heterocycles. The van der Waals surface area contributed by atoms with E-state index in [0.29, 0.717) is 18.9 Å². The number of nitrogens with two attached hydrogens (primary N) is 1. The molecule has 0 fully saturated rings. The Hall–Kier alpha value is -1.55. The third-order valence-electron chi connectivity index (χ3n) is 3.97. The minimum atomic E-state index is -0.557. The van der Waals surface area contributed by atoms with Crippen LogP contribution in [0.5, 0.6) is 5.75 Å². The molecule has 0 radical (unpaired) electrons. The van der Waals surface area contributed by atoms with Crippen LogP contribution < -0.4 is 10.5 Å². The van der Waals surface area contributed by atoms with Gasteiger partial charge in [-0.25, -0.2) is 0 Å². The lowest BCUT2D eigenvalue weighted by Crippen LogP contribution is -2.27. The van der Waals surface area contributed by atoms with Crippen LogP contribution in [-0.4, -0.2) is 11.2 Å². The molecule has 3 N–H and O–H groups in total. The number of hydrogen-bond donors (Lipinski definition) is 2. The van der Waals surface area contributed by atoms with Gasteiger partial charge in [0.25, 0.3) is 0 Å². The van der Waals surface area contributed by atoms with Gasteiger partial charge in [-0.2, -0.15) is 0 Å². The number of benzene rings is 2. The highest BCUT2D eigenvalue weighted by Crippen LogP contribution is 2.28. The smallest absolute Gasteiger partial charge is 0.124 e. The zero-order valence-corrected chi connectivity index (χ0v) is 15.2. The van der Waals surface area contributed by atoms with Crippen molar-refractivity contribution in [3.8, 4) is 5.75 Å². The molecule has 2 aromatic rings. The summed E-state index contributed by atoms with van der Waals surface area (Å²) in [6.45, 7) is 4.79. The first-order chi connectivity index (χ1) is 11.1. The lowest BCUT2D eigenvalue weighted by molar-refractivity contribution is 0.126. The third-order valence-corrected chi connectivity index (χ3v) is 3.97. The van der Waals surface area contributed by atoms with Crippen LogP contribution in [0, 0.1) is 5.92 Å². The molecule has 132 valence electrons. The highest BCUT2D eigenvalue weighted by Gasteiger charge is 2.20. The zero-order chi connectivity index (χ0) is 16.7. The minimum absolute atomic E-state index is 0. The lowest BCUT2D eigenvalue weighted by Gasteiger charge is -2.22. The van der Waals surface area contributed by atoms with Crippen molar-refractivity contribution in [1.82, 2.24) is 0 Å². The Morgan fingerprint density at radius 3 is 2.25 bits per heavy atom. The van der Waals surface area contributed by atoms with Crippen LogP contribution in [0.1, 0.15) is 43.9 Å². The van der Waals surface area contributed by atoms with Gasteiger partial charge in [-0.3, -0.25) is 0 Å². The summed E-state index contributed by atoms with van der Waals surface area (Å²) in [4.78, 5) is 0. The first kappa shape index (κ1) is 20.5. The molecular weight excluding hydrogens is 322 g/mol. The third kappa shape index (κ3) is 6.16. The number of halogens is 1. The van der Waals surface area contributed by atoms with Crippen LogP contribution in [0.15, 0.2) is 54.6 Å². The quantitative estimate of drug-likeness (QED) is 0.738. The van der Waals surface area contributed by atoms with E-state index in [2.05, 4.69) is 13.8 Å². The average molecular weight is 350 g/mol. The summed E-state index contributed by atoms with van der Waals surface area (Å²) in [6.07, 6.45) is 1.10. The molecular formula is C20H28ClNO2. The average Bonchev–Trinajstić information content (AvgIpc) is 2.58. The van der Waals surface area contributed by atoms with Gasteiger partial charge in [0, 0.05) is 5.56 Å². The standard InChI is InChI=1S/C20H27NO2.ClH/c1-15(2)12-13-18(22)20(21)17-10-6-7-11-19(17)23-14-16-8-4-3-5-9-16;/h3-11,15,18,20,22H,12-14,21H2,1-2H3;1H/t18-,20+;/m0./s1. The molecule has 0 saturated carbocycles. The molecule has 0 amide bonds. The molecule has 0 aliphatic rings. The first-order valence-corrected chi connectivity index (χ1v) is 8.27. The predicted octanol–water partition coefficient (Wildman–Crippen LogP) is 4.48. The number of hydrogen-bond acceptors (Lipinski definition) is 3. The molecule has 0 bridgehead atoms. The highest BCUT2D eigenvalue weighted by atomic mass is 35.5. The second kappa shape index (κ2) is 10.3. The van der Waals surface area contributed by atoms with Crippen molar-refractivity contribution in [3.05, 3.63) is 65.7 Å². The maximum Gasteiger partial charge on any atom is 0.124 e. The molecule has 0 aliphatic carbocycles. The van der Waals surface area contributed by atoms with E-state index in [1.165, 1.54) is 0 Å². The van der Waals surface area contributed by atoms with Crippen LogP contribution in [0.3, 0.4) is 0 Å². The van der Waals surface area contributed by atoms with Gasteiger partial charge in [-0.1, -0.05) is 62.4 Å². The van der Waals surface area contributed by atoms with Crippen molar-refractivity contribution in [3.63, 3.8) is 0 Å². The van der Waals surface area contributed by atoms with Crippen molar-refractivity contribution < 1.29 is 9.84 Å². The van der Waals surface area contributed by atoms with Crippen LogP contribution in [0.2, 0.25) is 0 Å². The molecule has 4 heteroatoms. The van der Waals surface area contributed by atoms with Crippen molar-refractivity contribution in [2.24, 2.45) is 11.7 Å². The molecule has 0 aliphatic heterocycles. The Morgan fingerprint density at radius 1 is 0.958 bits per heavy atom. The van der Waals surface area contributed by atoms with Gasteiger partial charge in [-0.05, 0) is 30.4 Å². The Bertz CT molecular complexity index is 589. The van der Waals surface area contributed by atoms with Gasteiger partial charge in [0.15, 0.2) is 0 Å². The Balaban J connectivity index is 0.00000288. The van der Waals surface area contributed by atoms with Crippen molar-refractivity contribution in [1.29, 1.82) is 0 Å². The van der Waals surface area contributed by atoms with Crippen molar-refractivity contribution in [2.75, 3.05) is 0 Å². The van der Waals surface area contributed by atoms with Gasteiger partial charge in [0.1, 0.15) is 12.4 Å². The molecule has 0 unspecified atom stereocenters. The summed E-state index contributed by atoms with van der Waals surface area (Å²) >= 11 is 0. The maximum absolute atomic E-state index is 10.3. The summed E-state index contributed by atoms with van der Waals surface area (Å²) in [6, 6.07) is 17.3. The zero-order valence-electron chi connectivity index (χ0n) is 14.4. The molecule has 0 spiro atoms. The molecule has 0 aromatic heterocycles. The van der Waals surface area contributed by atoms with Gasteiger partial charge in [0.05, 0.1) is 12.1 Å². The lowest BCUT2D eigenvalue weighted by atomic mass is 9.95. The maximum atomic E-state index is 10.3. The molecule has 0 heterocycles. The largest absolute Gasteiger partial charge is 0.489 e. The highest BCUT2D eigenvalue weighted by molar-refractivity contribution is 5.85. The summed E-state index contributed by atoms with van der Waals surface area (Å²) in [7, 11) is 0. The molecule has 2 rings (SSSR count). The fourth-order valence-corrected chi connectivity index (χ4v) is 2.51. The molecule has 3 nitrogen and oxygen atoms in total. The summed E-state index contributed by atoms with van der Waals surface area (Å²) in [5.74, 6) is 1.30. The van der Waals surface area contributed by atoms with E-state index in [1.807, 2.05) is 54.6 Å². The van der Waals surface area contributed by atoms with Crippen molar-refractivity contribution >= 4 is 12.4 Å². The van der Waals surface area contributed by atoms with Gasteiger partial charge >= 0.3 is 0 Å². The summed E-state index contributed by atoms with van der Waals surface area (Å²) < 4.78 is 5.93. The van der Waals surface area contributed by atoms with Crippen molar-refractivity contribution in [2.45, 2.75) is 45.4 Å². The minimum Gasteiger partial charge on any atom is -0.489 e. The van der Waals surface area contributed by atoms with Crippen LogP contribution in [-0.2, 0) is 6.61 Å². The monoisotopic (exact) mass is 349 g/mol. The fraction of sp³-hybridized carbons (Fsp3) is 0.400. The predicted molar refractivity (Wildman–Crippen MR) is 101 cm³/mol. The molecule has 24 heavy (non-hydrogen) atoms. The fourth-order valence-electron chi connectivity index (χ4n) is 2.51. The summed E-state index contributed by atoms with van der Waals surface area (Å²) in [5, 5.41) is 10.3. The SMILES string of the molecule is CC(C)CC[C@H](O)[C@H](N)c1ccccc1OCc1ccccc1.Cl. The van der Waals surface area contributed by atoms with E-state index in [9.17, 15) is 5.11 Å². The Labute approximate surface area is 151 Å². The Kier molecular flexibility index (Phi) is 8.83. The van der Waals surface area contributed by atoms with E-state index in [4.69, 9.17) is 10.5 Å². The van der Waals surface area contributed by atoms with Crippen LogP contribution in [0.4, 0.5) is 0 Å². The van der Waals surface area contributed by atoms with Gasteiger partial charge < -0.3 is 15.6 Å². The Morgan fingerprint density at radius 2 is 1.58 bits per heavy atom. The number of rotatable bonds is 8. The van der Waals surface area contributed by atoms with Crippen LogP contribution in [0.25, 0.3) is 0 Å². The normalized spacial score (nSPS) is 13.2. The van der Waals surface area contributed by atoms with E-state index >= 15 is 0 Å². The van der Waals surface area contributed by atoms with E-state index in [0.717, 1.165) is 23.3 Å². The van der Waals surface area contributed by atoms with E-state index in [-0.39, 0.29) is 12.4 Å². The topological polar surface area (TPSA) is 55.5 Å². The van der Waals surface area contributed by atoms with E-state index < -0.39 is 12.1 Å².